The summed E-state index contributed by atoms with van der Waals surface area (Å²) in [5, 5.41) is 32.3. The molecule has 0 bridgehead atoms. The molecule has 53 heavy (non-hydrogen) atoms. The first kappa shape index (κ1) is 38.4. The van der Waals surface area contributed by atoms with Crippen LogP contribution in [-0.4, -0.2) is 84.4 Å². The summed E-state index contributed by atoms with van der Waals surface area (Å²) in [6, 6.07) is 7.06. The van der Waals surface area contributed by atoms with E-state index >= 15 is 0 Å². The second kappa shape index (κ2) is 13.3. The molecule has 0 radical (unpaired) electrons. The molecule has 0 aliphatic heterocycles. The second-order valence-corrected chi connectivity index (χ2v) is 16.0. The molecule has 5 N–H and O–H groups in total. The molecule has 5 rings (SSSR count). The fourth-order valence-electron chi connectivity index (χ4n) is 5.33. The monoisotopic (exact) mass is 815 g/mol. The number of aromatic amines is 1. The molecule has 27 heteroatoms. The van der Waals surface area contributed by atoms with Gasteiger partial charge in [-0.25, -0.2) is 0 Å². The topological polar surface area (TPSA) is 358 Å². The van der Waals surface area contributed by atoms with E-state index in [1.807, 2.05) is 0 Å². The first-order chi connectivity index (χ1) is 24.5. The van der Waals surface area contributed by atoms with Crippen LogP contribution >= 0.6 is 0 Å². The van der Waals surface area contributed by atoms with Gasteiger partial charge in [-0.3, -0.25) is 38.4 Å². The zero-order valence-corrected chi connectivity index (χ0v) is 29.1. The van der Waals surface area contributed by atoms with Crippen molar-refractivity contribution in [3.63, 3.8) is 0 Å². The summed E-state index contributed by atoms with van der Waals surface area (Å²) in [5.41, 5.74) is -7.23. The Kier molecular flexibility index (Phi) is 9.65. The molecule has 0 atom stereocenters. The van der Waals surface area contributed by atoms with Crippen molar-refractivity contribution in [1.82, 2.24) is 15.5 Å². The number of non-ortho nitro benzene ring substituents is 2. The van der Waals surface area contributed by atoms with Crippen molar-refractivity contribution in [1.29, 1.82) is 0 Å². The standard InChI is InChI=1S/C26H18N6O17S4/c1-49-19-10-15(32(35)36)6-8-17(19)22-21(13-2-4-14(5-3-13)31(33)34)25(52(43,44)45)23(26(53(46,47)48)24(22)30-12-27-28-29-30)18-9-7-16(50(37,38)39)11-20(18)51(40,41)42/h2-12H,1H3,(H4,37,38,39,40,41,42,43,44,45,46,47,48)/p+1. The minimum atomic E-state index is -5.98. The average molecular weight is 816 g/mol. The molecule has 0 fully saturated rings. The van der Waals surface area contributed by atoms with E-state index in [0.29, 0.717) is 16.8 Å². The summed E-state index contributed by atoms with van der Waals surface area (Å²) >= 11 is 0. The van der Waals surface area contributed by atoms with Crippen LogP contribution < -0.4 is 9.42 Å². The van der Waals surface area contributed by atoms with Crippen molar-refractivity contribution in [2.24, 2.45) is 0 Å². The third kappa shape index (κ3) is 7.30. The maximum absolute atomic E-state index is 13.6. The quantitative estimate of drug-likeness (QED) is 0.0550. The van der Waals surface area contributed by atoms with Gasteiger partial charge in [-0.05, 0) is 35.9 Å². The van der Waals surface area contributed by atoms with Crippen LogP contribution in [0.4, 0.5) is 11.4 Å². The van der Waals surface area contributed by atoms with Crippen LogP contribution in [0.1, 0.15) is 0 Å². The first-order valence-corrected chi connectivity index (χ1v) is 19.4. The van der Waals surface area contributed by atoms with Gasteiger partial charge in [-0.1, -0.05) is 11.3 Å². The van der Waals surface area contributed by atoms with Gasteiger partial charge in [0.2, 0.25) is 0 Å². The Balaban J connectivity index is 2.26. The molecule has 0 amide bonds. The first-order valence-electron chi connectivity index (χ1n) is 13.6. The lowest BCUT2D eigenvalue weighted by Gasteiger charge is -2.24. The Labute approximate surface area is 296 Å². The second-order valence-electron chi connectivity index (χ2n) is 10.4. The van der Waals surface area contributed by atoms with E-state index in [-0.39, 0.29) is 6.07 Å². The van der Waals surface area contributed by atoms with Crippen LogP contribution in [0, 0.1) is 20.2 Å². The number of nitrogens with zero attached hydrogens (tertiary/aromatic N) is 5. The van der Waals surface area contributed by atoms with Crippen molar-refractivity contribution in [2.75, 3.05) is 7.11 Å². The zero-order valence-electron chi connectivity index (χ0n) is 25.8. The number of nitro groups is 2. The highest BCUT2D eigenvalue weighted by atomic mass is 32.2. The van der Waals surface area contributed by atoms with Gasteiger partial charge >= 0.3 is 0 Å². The van der Waals surface area contributed by atoms with Crippen LogP contribution in [0.5, 0.6) is 5.75 Å². The molecule has 0 unspecified atom stereocenters. The van der Waals surface area contributed by atoms with Crippen LogP contribution in [0.25, 0.3) is 39.1 Å². The number of ether oxygens (including phenoxy) is 1. The van der Waals surface area contributed by atoms with E-state index in [1.54, 1.807) is 0 Å². The lowest BCUT2D eigenvalue weighted by Crippen LogP contribution is -2.36. The summed E-state index contributed by atoms with van der Waals surface area (Å²) in [7, 11) is -22.0. The molecule has 0 saturated carbocycles. The summed E-state index contributed by atoms with van der Waals surface area (Å²) in [6.07, 6.45) is 0.743. The summed E-state index contributed by atoms with van der Waals surface area (Å²) in [4.78, 5) is 15.4. The van der Waals surface area contributed by atoms with Gasteiger partial charge in [-0.2, -0.15) is 33.7 Å². The Morgan fingerprint density at radius 3 is 1.72 bits per heavy atom. The maximum Gasteiger partial charge on any atom is 0.298 e. The number of nitrogens with one attached hydrogen (secondary N) is 1. The smallest absolute Gasteiger partial charge is 0.298 e. The highest BCUT2D eigenvalue weighted by molar-refractivity contribution is 7.87. The lowest BCUT2D eigenvalue weighted by atomic mass is 9.88. The number of hydrogen-bond acceptors (Lipinski definition) is 15. The van der Waals surface area contributed by atoms with Crippen molar-refractivity contribution in [3.8, 4) is 44.8 Å². The third-order valence-corrected chi connectivity index (χ3v) is 10.9. The molecule has 1 aromatic heterocycles. The molecule has 4 aromatic carbocycles. The van der Waals surface area contributed by atoms with Crippen LogP contribution in [0.15, 0.2) is 86.6 Å². The molecule has 23 nitrogen and oxygen atoms in total. The Hall–Kier alpha value is -5.81. The molecular formula is C26H19N6O17S4+. The fraction of sp³-hybridized carbons (Fsp3) is 0.0385. The van der Waals surface area contributed by atoms with Gasteiger partial charge in [0.25, 0.3) is 58.2 Å². The Morgan fingerprint density at radius 2 is 1.25 bits per heavy atom. The molecule has 278 valence electrons. The molecule has 0 aliphatic rings. The minimum absolute atomic E-state index is 0.102. The van der Waals surface area contributed by atoms with E-state index in [0.717, 1.165) is 55.9 Å². The predicted molar refractivity (Wildman–Crippen MR) is 173 cm³/mol. The van der Waals surface area contributed by atoms with E-state index in [9.17, 15) is 72.1 Å². The Morgan fingerprint density at radius 1 is 0.679 bits per heavy atom. The van der Waals surface area contributed by atoms with Crippen molar-refractivity contribution in [3.05, 3.63) is 87.2 Å². The zero-order chi connectivity index (χ0) is 39.4. The van der Waals surface area contributed by atoms with E-state index in [4.69, 9.17) is 4.74 Å². The Bertz CT molecular complexity index is 2810. The third-order valence-electron chi connectivity index (χ3n) is 7.35. The number of aromatic nitrogens is 4. The average Bonchev–Trinajstić information content (AvgIpc) is 3.59. The number of hydrogen-bond donors (Lipinski definition) is 5. The van der Waals surface area contributed by atoms with Crippen molar-refractivity contribution < 1.29 is 71.1 Å². The SMILES string of the molecule is COc1cc([N+](=O)[O-])ccc1-c1c(-c2ccc([N+](=O)[O-])cc2)c(S(=O)(=O)O)c(-c2ccc(S(=O)(=O)O)cc2S(=O)(=O)O)c(S(=O)(=O)O)c1-[n+]1cnn[nH]1. The van der Waals surface area contributed by atoms with E-state index in [2.05, 4.69) is 15.5 Å². The van der Waals surface area contributed by atoms with Gasteiger partial charge in [-0.15, -0.1) is 4.68 Å². The molecule has 0 spiro atoms. The van der Waals surface area contributed by atoms with Crippen LogP contribution in [-0.2, 0) is 40.5 Å². The van der Waals surface area contributed by atoms with Gasteiger partial charge in [0.05, 0.1) is 27.9 Å². The number of rotatable bonds is 11. The van der Waals surface area contributed by atoms with E-state index in [1.165, 1.54) is 0 Å². The van der Waals surface area contributed by atoms with Crippen LogP contribution in [0.3, 0.4) is 0 Å². The van der Waals surface area contributed by atoms with E-state index < -0.39 is 126 Å². The number of methoxy groups -OCH3 is 1. The maximum atomic E-state index is 13.6. The summed E-state index contributed by atoms with van der Waals surface area (Å²) in [5.74, 6) is -0.483. The van der Waals surface area contributed by atoms with Gasteiger partial charge < -0.3 is 4.74 Å². The highest BCUT2D eigenvalue weighted by Gasteiger charge is 2.41. The normalized spacial score (nSPS) is 12.4. The molecular weight excluding hydrogens is 797 g/mol. The van der Waals surface area contributed by atoms with Crippen molar-refractivity contribution >= 4 is 51.8 Å². The number of nitro benzene ring substituents is 2. The molecule has 0 saturated heterocycles. The van der Waals surface area contributed by atoms with Gasteiger partial charge in [0, 0.05) is 46.0 Å². The minimum Gasteiger partial charge on any atom is -0.496 e. The van der Waals surface area contributed by atoms with Crippen LogP contribution in [0.2, 0.25) is 0 Å². The molecule has 5 aromatic rings. The lowest BCUT2D eigenvalue weighted by molar-refractivity contribution is -0.662. The number of H-pyrrole nitrogens is 1. The summed E-state index contributed by atoms with van der Waals surface area (Å²) < 4.78 is 151. The number of benzene rings is 4. The largest absolute Gasteiger partial charge is 0.496 e. The number of tetrazole rings is 1. The highest BCUT2D eigenvalue weighted by Crippen LogP contribution is 2.52. The van der Waals surface area contributed by atoms with Gasteiger partial charge in [0.1, 0.15) is 25.5 Å². The molecule has 1 heterocycles. The summed E-state index contributed by atoms with van der Waals surface area (Å²) in [6.45, 7) is 0. The van der Waals surface area contributed by atoms with Gasteiger partial charge in [0.15, 0.2) is 10.9 Å². The molecule has 0 aliphatic carbocycles. The predicted octanol–water partition coefficient (Wildman–Crippen LogP) is 1.89. The van der Waals surface area contributed by atoms with Crippen molar-refractivity contribution in [2.45, 2.75) is 19.6 Å². The fourth-order valence-corrected chi connectivity index (χ4v) is 8.56.